The van der Waals surface area contributed by atoms with E-state index >= 15 is 0 Å². The van der Waals surface area contributed by atoms with E-state index in [0.29, 0.717) is 0 Å². The molecule has 100 valence electrons. The van der Waals surface area contributed by atoms with Crippen molar-refractivity contribution in [3.8, 4) is 6.07 Å². The second-order valence-corrected chi connectivity index (χ2v) is 4.74. The van der Waals surface area contributed by atoms with Gasteiger partial charge < -0.3 is 5.11 Å². The molecule has 3 aromatic carbocycles. The van der Waals surface area contributed by atoms with Crippen LogP contribution in [0.3, 0.4) is 0 Å². The first-order valence-corrected chi connectivity index (χ1v) is 6.45. The summed E-state index contributed by atoms with van der Waals surface area (Å²) >= 11 is 0. The Morgan fingerprint density at radius 1 is 1.00 bits per heavy atom. The third-order valence-electron chi connectivity index (χ3n) is 3.43. The molecule has 0 aliphatic heterocycles. The van der Waals surface area contributed by atoms with Crippen molar-refractivity contribution in [1.82, 2.24) is 0 Å². The van der Waals surface area contributed by atoms with E-state index in [1.807, 2.05) is 48.5 Å². The van der Waals surface area contributed by atoms with Crippen molar-refractivity contribution in [3.63, 3.8) is 0 Å². The van der Waals surface area contributed by atoms with Crippen LogP contribution in [0.25, 0.3) is 27.6 Å². The summed E-state index contributed by atoms with van der Waals surface area (Å²) in [6.07, 6.45) is 1.42. The largest absolute Gasteiger partial charge is 0.477 e. The number of aliphatic carboxylic acids is 1. The summed E-state index contributed by atoms with van der Waals surface area (Å²) in [7, 11) is 0. The molecule has 0 saturated heterocycles. The molecule has 0 heterocycles. The number of benzene rings is 3. The van der Waals surface area contributed by atoms with E-state index in [1.54, 1.807) is 6.07 Å². The Hall–Kier alpha value is -3.12. The Morgan fingerprint density at radius 2 is 1.67 bits per heavy atom. The lowest BCUT2D eigenvalue weighted by molar-refractivity contribution is -0.132. The van der Waals surface area contributed by atoms with E-state index in [1.165, 1.54) is 6.08 Å². The molecule has 0 fully saturated rings. The fraction of sp³-hybridized carbons (Fsp3) is 0. The molecule has 0 aromatic heterocycles. The van der Waals surface area contributed by atoms with Crippen molar-refractivity contribution in [2.45, 2.75) is 0 Å². The molecule has 0 atom stereocenters. The van der Waals surface area contributed by atoms with E-state index in [2.05, 4.69) is 6.07 Å². The molecule has 3 nitrogen and oxygen atoms in total. The topological polar surface area (TPSA) is 61.1 Å². The Morgan fingerprint density at radius 3 is 2.33 bits per heavy atom. The Kier molecular flexibility index (Phi) is 3.13. The second kappa shape index (κ2) is 5.10. The molecule has 3 rings (SSSR count). The number of carboxylic acid groups (broad SMARTS) is 1. The molecule has 0 bridgehead atoms. The Labute approximate surface area is 121 Å². The highest BCUT2D eigenvalue weighted by atomic mass is 16.4. The number of hydrogen-bond acceptors (Lipinski definition) is 2. The number of nitrogens with zero attached hydrogens (tertiary/aromatic N) is 1. The van der Waals surface area contributed by atoms with Gasteiger partial charge in [-0.15, -0.1) is 0 Å². The minimum atomic E-state index is -1.21. The van der Waals surface area contributed by atoms with Crippen molar-refractivity contribution in [1.29, 1.82) is 5.26 Å². The maximum Gasteiger partial charge on any atom is 0.346 e. The summed E-state index contributed by atoms with van der Waals surface area (Å²) in [4.78, 5) is 11.0. The van der Waals surface area contributed by atoms with E-state index in [4.69, 9.17) is 10.4 Å². The number of hydrogen-bond donors (Lipinski definition) is 1. The molecule has 0 unspecified atom stereocenters. The predicted octanol–water partition coefficient (Wildman–Crippen LogP) is 3.98. The average molecular weight is 273 g/mol. The highest BCUT2D eigenvalue weighted by molar-refractivity contribution is 6.04. The lowest BCUT2D eigenvalue weighted by Gasteiger charge is -2.05. The van der Waals surface area contributed by atoms with Gasteiger partial charge >= 0.3 is 5.97 Å². The first kappa shape index (κ1) is 12.9. The van der Waals surface area contributed by atoms with Crippen molar-refractivity contribution < 1.29 is 9.90 Å². The van der Waals surface area contributed by atoms with Crippen molar-refractivity contribution in [2.75, 3.05) is 0 Å². The van der Waals surface area contributed by atoms with Gasteiger partial charge in [-0.25, -0.2) is 4.79 Å². The SMILES string of the molecule is N#CC(=Cc1cccc2cc3ccccc3cc12)C(=O)O. The van der Waals surface area contributed by atoms with Gasteiger partial charge in [0.2, 0.25) is 0 Å². The zero-order chi connectivity index (χ0) is 14.8. The summed E-state index contributed by atoms with van der Waals surface area (Å²) in [5.74, 6) is -1.21. The molecule has 0 aliphatic carbocycles. The molecular weight excluding hydrogens is 262 g/mol. The molecule has 0 saturated carbocycles. The van der Waals surface area contributed by atoms with Gasteiger partial charge in [-0.05, 0) is 45.3 Å². The molecule has 0 amide bonds. The van der Waals surface area contributed by atoms with Gasteiger partial charge in [0.05, 0.1) is 0 Å². The molecule has 0 radical (unpaired) electrons. The number of fused-ring (bicyclic) bond motifs is 2. The van der Waals surface area contributed by atoms with E-state index in [9.17, 15) is 4.79 Å². The molecule has 0 aliphatic rings. The van der Waals surface area contributed by atoms with Crippen LogP contribution in [0.1, 0.15) is 5.56 Å². The smallest absolute Gasteiger partial charge is 0.346 e. The molecule has 21 heavy (non-hydrogen) atoms. The summed E-state index contributed by atoms with van der Waals surface area (Å²) in [6, 6.07) is 19.4. The minimum absolute atomic E-state index is 0.268. The van der Waals surface area contributed by atoms with Crippen LogP contribution in [0.2, 0.25) is 0 Å². The molecule has 3 heteroatoms. The average Bonchev–Trinajstić information content (AvgIpc) is 2.50. The second-order valence-electron chi connectivity index (χ2n) is 4.74. The van der Waals surface area contributed by atoms with Crippen LogP contribution in [0.4, 0.5) is 0 Å². The normalized spacial score (nSPS) is 11.5. The summed E-state index contributed by atoms with van der Waals surface area (Å²) in [5, 5.41) is 22.1. The summed E-state index contributed by atoms with van der Waals surface area (Å²) in [5.41, 5.74) is 0.466. The van der Waals surface area contributed by atoms with Gasteiger partial charge in [-0.3, -0.25) is 0 Å². The standard InChI is InChI=1S/C18H11NO2/c19-11-16(18(20)21)9-15-7-3-6-14-8-12-4-1-2-5-13(12)10-17(14)15/h1-10H,(H,20,21). The van der Waals surface area contributed by atoms with Gasteiger partial charge in [0.25, 0.3) is 0 Å². The third-order valence-corrected chi connectivity index (χ3v) is 3.43. The van der Waals surface area contributed by atoms with E-state index < -0.39 is 5.97 Å². The first-order valence-electron chi connectivity index (χ1n) is 6.45. The van der Waals surface area contributed by atoms with Crippen LogP contribution in [-0.2, 0) is 4.79 Å². The zero-order valence-corrected chi connectivity index (χ0v) is 11.1. The zero-order valence-electron chi connectivity index (χ0n) is 11.1. The highest BCUT2D eigenvalue weighted by Crippen LogP contribution is 2.26. The van der Waals surface area contributed by atoms with E-state index in [0.717, 1.165) is 27.1 Å². The van der Waals surface area contributed by atoms with Crippen LogP contribution >= 0.6 is 0 Å². The lowest BCUT2D eigenvalue weighted by atomic mass is 9.98. The maximum absolute atomic E-state index is 11.0. The third kappa shape index (κ3) is 2.35. The molecule has 3 aromatic rings. The quantitative estimate of drug-likeness (QED) is 0.436. The van der Waals surface area contributed by atoms with Gasteiger partial charge in [0, 0.05) is 0 Å². The van der Waals surface area contributed by atoms with Gasteiger partial charge in [-0.2, -0.15) is 5.26 Å². The number of carboxylic acids is 1. The number of carbonyl (C=O) groups is 1. The molecular formula is C18H11NO2. The number of rotatable bonds is 2. The Balaban J connectivity index is 2.31. The van der Waals surface area contributed by atoms with Crippen LogP contribution in [0.15, 0.2) is 60.2 Å². The van der Waals surface area contributed by atoms with Crippen molar-refractivity contribution in [2.24, 2.45) is 0 Å². The van der Waals surface area contributed by atoms with Crippen LogP contribution < -0.4 is 0 Å². The van der Waals surface area contributed by atoms with Crippen molar-refractivity contribution >= 4 is 33.6 Å². The van der Waals surface area contributed by atoms with Crippen LogP contribution in [0.5, 0.6) is 0 Å². The van der Waals surface area contributed by atoms with E-state index in [-0.39, 0.29) is 5.57 Å². The van der Waals surface area contributed by atoms with Gasteiger partial charge in [-0.1, -0.05) is 42.5 Å². The van der Waals surface area contributed by atoms with Gasteiger partial charge in [0.1, 0.15) is 11.6 Å². The molecule has 1 N–H and O–H groups in total. The van der Waals surface area contributed by atoms with Crippen molar-refractivity contribution in [3.05, 3.63) is 65.7 Å². The highest BCUT2D eigenvalue weighted by Gasteiger charge is 2.08. The van der Waals surface area contributed by atoms with Crippen LogP contribution in [-0.4, -0.2) is 11.1 Å². The minimum Gasteiger partial charge on any atom is -0.477 e. The fourth-order valence-electron chi connectivity index (χ4n) is 2.41. The summed E-state index contributed by atoms with van der Waals surface area (Å²) < 4.78 is 0. The van der Waals surface area contributed by atoms with Gasteiger partial charge in [0.15, 0.2) is 0 Å². The molecule has 0 spiro atoms. The van der Waals surface area contributed by atoms with Crippen LogP contribution in [0, 0.1) is 11.3 Å². The first-order chi connectivity index (χ1) is 10.2. The number of nitriles is 1. The summed E-state index contributed by atoms with van der Waals surface area (Å²) in [6.45, 7) is 0. The monoisotopic (exact) mass is 273 g/mol. The fourth-order valence-corrected chi connectivity index (χ4v) is 2.41. The lowest BCUT2D eigenvalue weighted by Crippen LogP contribution is -1.97. The maximum atomic E-state index is 11.0. The predicted molar refractivity (Wildman–Crippen MR) is 82.7 cm³/mol. The Bertz CT molecular complexity index is 933.